The molecule has 152 valence electrons. The van der Waals surface area contributed by atoms with Crippen molar-refractivity contribution in [3.8, 4) is 0 Å². The van der Waals surface area contributed by atoms with Crippen LogP contribution in [0.4, 0.5) is 0 Å². The Balaban J connectivity index is 7.17. The van der Waals surface area contributed by atoms with Crippen molar-refractivity contribution in [1.82, 2.24) is 8.00 Å². The van der Waals surface area contributed by atoms with Crippen LogP contribution in [0.2, 0.25) is 98.2 Å². The summed E-state index contributed by atoms with van der Waals surface area (Å²) in [7, 11) is -7.80. The first-order valence-electron chi connectivity index (χ1n) is 9.39. The monoisotopic (exact) mass is 517 g/mol. The van der Waals surface area contributed by atoms with Crippen molar-refractivity contribution in [3.05, 3.63) is 0 Å². The minimum Gasteiger partial charge on any atom is -0.305 e. The molecule has 0 heterocycles. The van der Waals surface area contributed by atoms with E-state index in [-0.39, 0.29) is 0 Å². The van der Waals surface area contributed by atoms with Crippen LogP contribution in [-0.4, -0.2) is 49.2 Å². The number of halogens is 1. The molecule has 0 unspecified atom stereocenters. The molecule has 0 bridgehead atoms. The van der Waals surface area contributed by atoms with E-state index in [1.54, 1.807) is 0 Å². The summed E-state index contributed by atoms with van der Waals surface area (Å²) in [5.41, 5.74) is 0. The molecule has 25 heavy (non-hydrogen) atoms. The Labute approximate surface area is 172 Å². The highest BCUT2D eigenvalue weighted by Gasteiger charge is 2.52. The Morgan fingerprint density at radius 1 is 0.520 bits per heavy atom. The lowest BCUT2D eigenvalue weighted by molar-refractivity contribution is 0.866. The Morgan fingerprint density at radius 3 is 0.840 bits per heavy atom. The van der Waals surface area contributed by atoms with Crippen LogP contribution >= 0.6 is 21.5 Å². The number of hydrogen-bond donors (Lipinski definition) is 0. The lowest BCUT2D eigenvalue weighted by Crippen LogP contribution is -2.64. The largest absolute Gasteiger partial charge is 0.305 e. The van der Waals surface area contributed by atoms with Crippen LogP contribution in [0.5, 0.6) is 0 Å². The van der Waals surface area contributed by atoms with Gasteiger partial charge in [0.05, 0.1) is 0 Å². The first-order valence-corrected chi connectivity index (χ1v) is 30.3. The summed E-state index contributed by atoms with van der Waals surface area (Å²) >= 11 is 4.47. The predicted octanol–water partition coefficient (Wildman–Crippen LogP) is 8.11. The molecule has 0 saturated carbocycles. The van der Waals surface area contributed by atoms with Crippen molar-refractivity contribution >= 4 is 62.7 Å². The van der Waals surface area contributed by atoms with E-state index in [0.717, 1.165) is 0 Å². The van der Waals surface area contributed by atoms with E-state index in [2.05, 4.69) is 122 Å². The molecule has 0 aromatic carbocycles. The van der Waals surface area contributed by atoms with E-state index in [4.69, 9.17) is 4.41 Å². The lowest BCUT2D eigenvalue weighted by Gasteiger charge is -2.59. The molecule has 0 amide bonds. The van der Waals surface area contributed by atoms with Crippen molar-refractivity contribution in [3.63, 3.8) is 0 Å². The second kappa shape index (κ2) is 7.86. The SMILES string of the molecule is C[Si](C)(C)N=P(Br)(N([Si](C)(C)C)[Si](C)(C)C)N([Si](C)(C)C)[Si](C)(C)C. The van der Waals surface area contributed by atoms with Crippen molar-refractivity contribution in [1.29, 1.82) is 0 Å². The van der Waals surface area contributed by atoms with E-state index in [0.29, 0.717) is 0 Å². The zero-order valence-electron chi connectivity index (χ0n) is 19.7. The van der Waals surface area contributed by atoms with Crippen LogP contribution < -0.4 is 0 Å². The van der Waals surface area contributed by atoms with Crippen molar-refractivity contribution in [2.75, 3.05) is 0 Å². The van der Waals surface area contributed by atoms with Gasteiger partial charge in [0.2, 0.25) is 0 Å². The molecule has 0 aliphatic carbocycles. The van der Waals surface area contributed by atoms with Gasteiger partial charge >= 0.3 is 0 Å². The molecule has 0 rings (SSSR count). The van der Waals surface area contributed by atoms with Gasteiger partial charge in [-0.25, -0.2) is 0 Å². The normalized spacial score (nSPS) is 15.9. The fourth-order valence-corrected chi connectivity index (χ4v) is 61.5. The van der Waals surface area contributed by atoms with Crippen molar-refractivity contribution < 1.29 is 0 Å². The highest BCUT2D eigenvalue weighted by molar-refractivity contribution is 9.40. The third-order valence-corrected chi connectivity index (χ3v) is 38.4. The van der Waals surface area contributed by atoms with E-state index in [1.807, 2.05) is 0 Å². The van der Waals surface area contributed by atoms with E-state index < -0.39 is 47.2 Å². The quantitative estimate of drug-likeness (QED) is 0.250. The molecule has 0 N–H and O–H groups in total. The van der Waals surface area contributed by atoms with Crippen LogP contribution in [0.15, 0.2) is 4.41 Å². The summed E-state index contributed by atoms with van der Waals surface area (Å²) in [5.74, 6) is 0. The standard InChI is InChI=1S/C15H45BrN3PSi5/c1-21(2,3)17-20(16,18(22(4,5)6)23(7,8)9)19(24(10,11)12)25(13,14)15/h1-15H3. The van der Waals surface area contributed by atoms with Gasteiger partial charge in [0.15, 0.2) is 8.24 Å². The molecule has 0 aromatic rings. The zero-order valence-corrected chi connectivity index (χ0v) is 27.1. The Kier molecular flexibility index (Phi) is 8.39. The first-order chi connectivity index (χ1) is 10.4. The Bertz CT molecular complexity index is 458. The summed E-state index contributed by atoms with van der Waals surface area (Å²) in [6.45, 7) is 37.5. The molecule has 0 radical (unpaired) electrons. The third kappa shape index (κ3) is 7.57. The van der Waals surface area contributed by atoms with Gasteiger partial charge < -0.3 is 4.41 Å². The van der Waals surface area contributed by atoms with Crippen LogP contribution in [0.1, 0.15) is 0 Å². The molecule has 0 aromatic heterocycles. The average molecular weight is 519 g/mol. The summed E-state index contributed by atoms with van der Waals surface area (Å²) in [4.78, 5) is 0. The van der Waals surface area contributed by atoms with Gasteiger partial charge in [0.25, 0.3) is 0 Å². The first kappa shape index (κ1) is 26.7. The number of nitrogens with zero attached hydrogens (tertiary/aromatic N) is 3. The average Bonchev–Trinajstić information content (AvgIpc) is 1.98. The van der Waals surface area contributed by atoms with Crippen molar-refractivity contribution in [2.24, 2.45) is 4.41 Å². The molecule has 0 fully saturated rings. The Hall–Kier alpha value is 1.71. The fraction of sp³-hybridized carbons (Fsp3) is 1.00. The molecule has 0 aliphatic heterocycles. The predicted molar refractivity (Wildman–Crippen MR) is 139 cm³/mol. The smallest absolute Gasteiger partial charge is 0.174 e. The summed E-state index contributed by atoms with van der Waals surface area (Å²) < 4.78 is 11.8. The minimum absolute atomic E-state index is 1.55. The zero-order chi connectivity index (χ0) is 20.9. The van der Waals surface area contributed by atoms with Gasteiger partial charge in [0.1, 0.15) is 39.0 Å². The van der Waals surface area contributed by atoms with Crippen LogP contribution in [-0.2, 0) is 0 Å². The molecule has 3 nitrogen and oxygen atoms in total. The second-order valence-electron chi connectivity index (χ2n) is 12.1. The number of rotatable bonds is 7. The van der Waals surface area contributed by atoms with Gasteiger partial charge in [-0.2, -0.15) is 0 Å². The molecule has 0 spiro atoms. The minimum atomic E-state index is -1.88. The van der Waals surface area contributed by atoms with E-state index in [1.165, 1.54) is 0 Å². The molecular formula is C15H45BrN3PSi5. The highest BCUT2D eigenvalue weighted by atomic mass is 79.9. The van der Waals surface area contributed by atoms with Gasteiger partial charge in [0, 0.05) is 0 Å². The maximum absolute atomic E-state index is 5.76. The Morgan fingerprint density at radius 2 is 0.720 bits per heavy atom. The van der Waals surface area contributed by atoms with Crippen LogP contribution in [0, 0.1) is 0 Å². The van der Waals surface area contributed by atoms with Crippen LogP contribution in [0.25, 0.3) is 0 Å². The fourth-order valence-electron chi connectivity index (χ4n) is 4.10. The van der Waals surface area contributed by atoms with Gasteiger partial charge in [-0.05, 0) is 35.1 Å². The highest BCUT2D eigenvalue weighted by Crippen LogP contribution is 2.70. The maximum atomic E-state index is 5.76. The molecule has 10 heteroatoms. The van der Waals surface area contributed by atoms with Gasteiger partial charge in [-0.15, -0.1) is 0 Å². The molecule has 0 atom stereocenters. The van der Waals surface area contributed by atoms with Gasteiger partial charge in [-0.3, -0.25) is 8.00 Å². The van der Waals surface area contributed by atoms with E-state index >= 15 is 0 Å². The number of hydrogen-bond acceptors (Lipinski definition) is 1. The topological polar surface area (TPSA) is 18.8 Å². The summed E-state index contributed by atoms with van der Waals surface area (Å²) in [6.07, 6.45) is 0. The summed E-state index contributed by atoms with van der Waals surface area (Å²) in [5, 5.41) is 0. The van der Waals surface area contributed by atoms with E-state index in [9.17, 15) is 0 Å². The summed E-state index contributed by atoms with van der Waals surface area (Å²) in [6, 6.07) is -1.88. The van der Waals surface area contributed by atoms with Crippen LogP contribution in [0.3, 0.4) is 0 Å². The van der Waals surface area contributed by atoms with Gasteiger partial charge in [-0.1, -0.05) is 78.6 Å². The molecular weight excluding hydrogens is 473 g/mol. The maximum Gasteiger partial charge on any atom is 0.174 e. The third-order valence-electron chi connectivity index (χ3n) is 3.48. The molecule has 0 saturated heterocycles. The molecule has 0 aliphatic rings. The van der Waals surface area contributed by atoms with Crippen molar-refractivity contribution in [2.45, 2.75) is 98.2 Å². The lowest BCUT2D eigenvalue weighted by atomic mass is 11.8. The second-order valence-corrected chi connectivity index (χ2v) is 43.4.